The molecule has 0 aromatic heterocycles. The summed E-state index contributed by atoms with van der Waals surface area (Å²) in [5, 5.41) is 0. The molecule has 0 N–H and O–H groups in total. The van der Waals surface area contributed by atoms with Gasteiger partial charge in [-0.05, 0) is 78.9 Å². The second kappa shape index (κ2) is 8.13. The Morgan fingerprint density at radius 1 is 0.625 bits per heavy atom. The quantitative estimate of drug-likeness (QED) is 0.454. The van der Waals surface area contributed by atoms with Crippen LogP contribution in [0.5, 0.6) is 0 Å². The van der Waals surface area contributed by atoms with Gasteiger partial charge in [0.1, 0.15) is 0 Å². The highest BCUT2D eigenvalue weighted by molar-refractivity contribution is 4.90. The second-order valence-electron chi connectivity index (χ2n) is 11.3. The molecule has 0 nitrogen and oxygen atoms in total. The molecule has 2 rings (SSSR count). The molecular weight excluding hydrogens is 288 g/mol. The van der Waals surface area contributed by atoms with Gasteiger partial charge in [0.2, 0.25) is 0 Å². The summed E-state index contributed by atoms with van der Waals surface area (Å²) in [6, 6.07) is 0. The van der Waals surface area contributed by atoms with Gasteiger partial charge < -0.3 is 0 Å². The fourth-order valence-corrected chi connectivity index (χ4v) is 5.88. The van der Waals surface area contributed by atoms with Crippen molar-refractivity contribution in [1.82, 2.24) is 0 Å². The molecular formula is C24H46. The minimum atomic E-state index is 0.539. The predicted molar refractivity (Wildman–Crippen MR) is 108 cm³/mol. The van der Waals surface area contributed by atoms with Gasteiger partial charge in [0.15, 0.2) is 0 Å². The zero-order chi connectivity index (χ0) is 18.0. The van der Waals surface area contributed by atoms with Crippen molar-refractivity contribution in [2.45, 2.75) is 113 Å². The molecule has 2 fully saturated rings. The summed E-state index contributed by atoms with van der Waals surface area (Å²) >= 11 is 0. The van der Waals surface area contributed by atoms with Crippen LogP contribution in [0.25, 0.3) is 0 Å². The Bertz CT molecular complexity index is 377. The molecule has 0 amide bonds. The first kappa shape index (κ1) is 20.3. The Kier molecular flexibility index (Phi) is 6.88. The lowest BCUT2D eigenvalue weighted by Crippen LogP contribution is -2.37. The summed E-state index contributed by atoms with van der Waals surface area (Å²) in [7, 11) is 0. The van der Waals surface area contributed by atoms with Crippen LogP contribution in [0.3, 0.4) is 0 Å². The fraction of sp³-hybridized carbons (Fsp3) is 1.00. The summed E-state index contributed by atoms with van der Waals surface area (Å²) in [6.45, 7) is 17.9. The summed E-state index contributed by atoms with van der Waals surface area (Å²) in [6.07, 6.45) is 14.6. The molecule has 0 aromatic carbocycles. The van der Waals surface area contributed by atoms with E-state index in [0.29, 0.717) is 10.8 Å². The van der Waals surface area contributed by atoms with E-state index < -0.39 is 0 Å². The highest BCUT2D eigenvalue weighted by atomic mass is 14.5. The van der Waals surface area contributed by atoms with Gasteiger partial charge in [-0.25, -0.2) is 0 Å². The smallest absolute Gasteiger partial charge is 0.0323 e. The molecule has 2 saturated carbocycles. The van der Waals surface area contributed by atoms with Crippen molar-refractivity contribution in [3.05, 3.63) is 0 Å². The normalized spacial score (nSPS) is 41.4. The Balaban J connectivity index is 2.19. The van der Waals surface area contributed by atoms with Crippen LogP contribution in [0.2, 0.25) is 0 Å². The first-order valence-corrected chi connectivity index (χ1v) is 11.1. The standard InChI is InChI=1S/C24H46/c1-18-11-10-15-24(6,7)22(17-20(18)3)21-12-8-9-14-23(4,5)16-13-19(21)2/h18-22H,8-17H2,1-7H3. The Hall–Kier alpha value is 0. The molecule has 0 saturated heterocycles. The predicted octanol–water partition coefficient (Wildman–Crippen LogP) is 8.11. The van der Waals surface area contributed by atoms with E-state index in [-0.39, 0.29) is 0 Å². The summed E-state index contributed by atoms with van der Waals surface area (Å²) in [5.41, 5.74) is 1.11. The van der Waals surface area contributed by atoms with Crippen molar-refractivity contribution in [1.29, 1.82) is 0 Å². The van der Waals surface area contributed by atoms with Crippen molar-refractivity contribution in [2.75, 3.05) is 0 Å². The van der Waals surface area contributed by atoms with Gasteiger partial charge >= 0.3 is 0 Å². The minimum absolute atomic E-state index is 0.539. The minimum Gasteiger partial charge on any atom is -0.0623 e. The third kappa shape index (κ3) is 5.25. The van der Waals surface area contributed by atoms with E-state index in [1.807, 2.05) is 0 Å². The van der Waals surface area contributed by atoms with E-state index in [1.165, 1.54) is 64.2 Å². The zero-order valence-electron chi connectivity index (χ0n) is 18.0. The largest absolute Gasteiger partial charge is 0.0623 e. The molecule has 0 heterocycles. The topological polar surface area (TPSA) is 0 Å². The first-order chi connectivity index (χ1) is 11.1. The number of hydrogen-bond donors (Lipinski definition) is 0. The van der Waals surface area contributed by atoms with Crippen LogP contribution in [0.4, 0.5) is 0 Å². The Morgan fingerprint density at radius 3 is 2.04 bits per heavy atom. The zero-order valence-corrected chi connectivity index (χ0v) is 18.0. The van der Waals surface area contributed by atoms with Crippen LogP contribution < -0.4 is 0 Å². The first-order valence-electron chi connectivity index (χ1n) is 11.1. The maximum Gasteiger partial charge on any atom is -0.0323 e. The molecule has 2 aliphatic carbocycles. The molecule has 5 atom stereocenters. The van der Waals surface area contributed by atoms with E-state index in [9.17, 15) is 0 Å². The fourth-order valence-electron chi connectivity index (χ4n) is 5.88. The molecule has 5 unspecified atom stereocenters. The van der Waals surface area contributed by atoms with Crippen LogP contribution in [0.1, 0.15) is 113 Å². The lowest BCUT2D eigenvalue weighted by atomic mass is 9.59. The molecule has 0 spiro atoms. The highest BCUT2D eigenvalue weighted by Crippen LogP contribution is 2.50. The molecule has 142 valence electrons. The van der Waals surface area contributed by atoms with Crippen LogP contribution in [-0.2, 0) is 0 Å². The van der Waals surface area contributed by atoms with E-state index in [0.717, 1.165) is 29.6 Å². The molecule has 0 radical (unpaired) electrons. The SMILES string of the molecule is CC1CCCC(C)(C)C(C2CCCCC(C)(C)CCC2C)CC1C. The average Bonchev–Trinajstić information content (AvgIpc) is 2.55. The van der Waals surface area contributed by atoms with Crippen LogP contribution >= 0.6 is 0 Å². The summed E-state index contributed by atoms with van der Waals surface area (Å²) in [5.74, 6) is 4.64. The van der Waals surface area contributed by atoms with Crippen LogP contribution in [0, 0.1) is 40.4 Å². The Labute approximate surface area is 153 Å². The monoisotopic (exact) mass is 334 g/mol. The maximum absolute atomic E-state index is 2.60. The molecule has 24 heavy (non-hydrogen) atoms. The van der Waals surface area contributed by atoms with Crippen LogP contribution in [-0.4, -0.2) is 0 Å². The van der Waals surface area contributed by atoms with Crippen molar-refractivity contribution in [3.63, 3.8) is 0 Å². The molecule has 2 aliphatic rings. The summed E-state index contributed by atoms with van der Waals surface area (Å²) < 4.78 is 0. The maximum atomic E-state index is 2.60. The molecule has 0 heteroatoms. The van der Waals surface area contributed by atoms with Crippen molar-refractivity contribution in [2.24, 2.45) is 40.4 Å². The van der Waals surface area contributed by atoms with Gasteiger partial charge in [0, 0.05) is 0 Å². The average molecular weight is 335 g/mol. The van der Waals surface area contributed by atoms with Crippen molar-refractivity contribution < 1.29 is 0 Å². The number of rotatable bonds is 1. The lowest BCUT2D eigenvalue weighted by molar-refractivity contribution is 0.0368. The van der Waals surface area contributed by atoms with Gasteiger partial charge in [-0.3, -0.25) is 0 Å². The lowest BCUT2D eigenvalue weighted by Gasteiger charge is -2.46. The van der Waals surface area contributed by atoms with Gasteiger partial charge in [-0.1, -0.05) is 74.1 Å². The third-order valence-electron chi connectivity index (χ3n) is 8.25. The van der Waals surface area contributed by atoms with E-state index >= 15 is 0 Å². The third-order valence-corrected chi connectivity index (χ3v) is 8.25. The highest BCUT2D eigenvalue weighted by Gasteiger charge is 2.40. The van der Waals surface area contributed by atoms with E-state index in [4.69, 9.17) is 0 Å². The molecule has 0 aromatic rings. The van der Waals surface area contributed by atoms with Gasteiger partial charge in [-0.2, -0.15) is 0 Å². The second-order valence-corrected chi connectivity index (χ2v) is 11.3. The number of hydrogen-bond acceptors (Lipinski definition) is 0. The Morgan fingerprint density at radius 2 is 1.33 bits per heavy atom. The van der Waals surface area contributed by atoms with Crippen molar-refractivity contribution >= 4 is 0 Å². The van der Waals surface area contributed by atoms with Gasteiger partial charge in [0.25, 0.3) is 0 Å². The molecule has 0 bridgehead atoms. The van der Waals surface area contributed by atoms with E-state index in [2.05, 4.69) is 48.5 Å². The van der Waals surface area contributed by atoms with Crippen LogP contribution in [0.15, 0.2) is 0 Å². The van der Waals surface area contributed by atoms with Gasteiger partial charge in [-0.15, -0.1) is 0 Å². The molecule has 0 aliphatic heterocycles. The summed E-state index contributed by atoms with van der Waals surface area (Å²) in [4.78, 5) is 0. The van der Waals surface area contributed by atoms with Gasteiger partial charge in [0.05, 0.1) is 0 Å². The van der Waals surface area contributed by atoms with Crippen molar-refractivity contribution in [3.8, 4) is 0 Å². The van der Waals surface area contributed by atoms with E-state index in [1.54, 1.807) is 0 Å².